The van der Waals surface area contributed by atoms with Crippen molar-refractivity contribution in [3.63, 3.8) is 0 Å². The normalized spacial score (nSPS) is 10.6. The number of aryl methyl sites for hydroxylation is 1. The molecule has 0 radical (unpaired) electrons. The monoisotopic (exact) mass is 399 g/mol. The van der Waals surface area contributed by atoms with Gasteiger partial charge < -0.3 is 19.4 Å². The van der Waals surface area contributed by atoms with Crippen molar-refractivity contribution in [2.45, 2.75) is 20.4 Å². The van der Waals surface area contributed by atoms with E-state index in [-0.39, 0.29) is 5.75 Å². The average Bonchev–Trinajstić information content (AvgIpc) is 2.66. The number of anilines is 2. The van der Waals surface area contributed by atoms with Crippen LogP contribution in [0.15, 0.2) is 53.5 Å². The number of aromatic nitrogens is 2. The van der Waals surface area contributed by atoms with Crippen molar-refractivity contribution >= 4 is 23.2 Å². The van der Waals surface area contributed by atoms with E-state index in [9.17, 15) is 4.79 Å². The molecule has 0 aliphatic rings. The lowest BCUT2D eigenvalue weighted by molar-refractivity contribution is 0.340. The van der Waals surface area contributed by atoms with Gasteiger partial charge in [-0.3, -0.25) is 4.79 Å². The van der Waals surface area contributed by atoms with Crippen molar-refractivity contribution in [2.75, 3.05) is 19.0 Å². The number of methoxy groups -OCH3 is 1. The summed E-state index contributed by atoms with van der Waals surface area (Å²) < 4.78 is 12.5. The fraction of sp³-hybridized carbons (Fsp3) is 0.238. The van der Waals surface area contributed by atoms with Gasteiger partial charge in [-0.1, -0.05) is 23.7 Å². The Morgan fingerprint density at radius 3 is 2.71 bits per heavy atom. The first-order valence-corrected chi connectivity index (χ1v) is 9.28. The van der Waals surface area contributed by atoms with Crippen LogP contribution in [0, 0.1) is 6.92 Å². The third-order valence-corrected chi connectivity index (χ3v) is 4.42. The zero-order valence-corrected chi connectivity index (χ0v) is 16.8. The maximum Gasteiger partial charge on any atom is 0.316 e. The summed E-state index contributed by atoms with van der Waals surface area (Å²) in [5.41, 5.74) is 2.35. The van der Waals surface area contributed by atoms with Crippen molar-refractivity contribution in [1.29, 1.82) is 0 Å². The zero-order valence-electron chi connectivity index (χ0n) is 16.0. The van der Waals surface area contributed by atoms with Crippen LogP contribution in [0.1, 0.15) is 18.1 Å². The first kappa shape index (κ1) is 19.8. The predicted molar refractivity (Wildman–Crippen MR) is 111 cm³/mol. The maximum atomic E-state index is 12.2. The third kappa shape index (κ3) is 4.64. The minimum atomic E-state index is -0.434. The maximum absolute atomic E-state index is 12.2. The molecular formula is C21H22ClN3O3. The highest BCUT2D eigenvalue weighted by Gasteiger charge is 2.11. The Labute approximate surface area is 168 Å². The minimum Gasteiger partial charge on any atom is -0.494 e. The molecule has 146 valence electrons. The van der Waals surface area contributed by atoms with E-state index in [1.807, 2.05) is 60.9 Å². The van der Waals surface area contributed by atoms with E-state index >= 15 is 0 Å². The summed E-state index contributed by atoms with van der Waals surface area (Å²) in [6.45, 7) is 4.99. The van der Waals surface area contributed by atoms with Crippen molar-refractivity contribution in [3.05, 3.63) is 75.2 Å². The van der Waals surface area contributed by atoms with Gasteiger partial charge in [-0.15, -0.1) is 0 Å². The zero-order chi connectivity index (χ0) is 20.1. The van der Waals surface area contributed by atoms with Gasteiger partial charge in [0, 0.05) is 10.7 Å². The van der Waals surface area contributed by atoms with Gasteiger partial charge in [-0.05, 0) is 55.3 Å². The van der Waals surface area contributed by atoms with Gasteiger partial charge in [-0.25, -0.2) is 0 Å². The van der Waals surface area contributed by atoms with E-state index in [1.165, 1.54) is 7.11 Å². The molecule has 0 aliphatic carbocycles. The molecule has 3 rings (SSSR count). The average molecular weight is 400 g/mol. The molecule has 0 saturated heterocycles. The predicted octanol–water partition coefficient (Wildman–Crippen LogP) is 4.40. The molecule has 28 heavy (non-hydrogen) atoms. The highest BCUT2D eigenvalue weighted by atomic mass is 35.5. The number of nitrogens with zero attached hydrogens (tertiary/aromatic N) is 2. The molecule has 1 aromatic heterocycles. The third-order valence-electron chi connectivity index (χ3n) is 4.18. The summed E-state index contributed by atoms with van der Waals surface area (Å²) in [6, 6.07) is 13.3. The molecule has 0 saturated carbocycles. The number of benzene rings is 2. The Bertz CT molecular complexity index is 1030. The molecule has 2 aromatic carbocycles. The summed E-state index contributed by atoms with van der Waals surface area (Å²) in [6.07, 6.45) is 1.64. The molecule has 7 heteroatoms. The van der Waals surface area contributed by atoms with Crippen LogP contribution in [0.4, 0.5) is 11.6 Å². The first-order valence-electron chi connectivity index (χ1n) is 8.90. The minimum absolute atomic E-state index is 0.177. The van der Waals surface area contributed by atoms with Gasteiger partial charge >= 0.3 is 5.56 Å². The van der Waals surface area contributed by atoms with Gasteiger partial charge in [0.1, 0.15) is 5.75 Å². The summed E-state index contributed by atoms with van der Waals surface area (Å²) in [7, 11) is 1.45. The second-order valence-corrected chi connectivity index (χ2v) is 6.67. The Hall–Kier alpha value is -2.99. The van der Waals surface area contributed by atoms with E-state index in [0.29, 0.717) is 24.1 Å². The van der Waals surface area contributed by atoms with Crippen molar-refractivity contribution in [1.82, 2.24) is 9.55 Å². The highest BCUT2D eigenvalue weighted by molar-refractivity contribution is 6.30. The lowest BCUT2D eigenvalue weighted by atomic mass is 10.2. The Kier molecular flexibility index (Phi) is 6.21. The Balaban J connectivity index is 1.97. The molecule has 0 aliphatic heterocycles. The van der Waals surface area contributed by atoms with E-state index in [4.69, 9.17) is 21.1 Å². The summed E-state index contributed by atoms with van der Waals surface area (Å²) >= 11 is 6.10. The van der Waals surface area contributed by atoms with E-state index in [2.05, 4.69) is 10.3 Å². The highest BCUT2D eigenvalue weighted by Crippen LogP contribution is 2.25. The van der Waals surface area contributed by atoms with Gasteiger partial charge in [0.05, 0.1) is 26.5 Å². The Morgan fingerprint density at radius 1 is 1.21 bits per heavy atom. The molecule has 3 aromatic rings. The molecule has 0 fully saturated rings. The molecular weight excluding hydrogens is 378 g/mol. The number of ether oxygens (including phenoxy) is 2. The smallest absolute Gasteiger partial charge is 0.316 e. The SMILES string of the molecule is CCOc1ccc(Nc2nc(=O)c(OC)cn2Cc2cccc(Cl)c2)c(C)c1. The lowest BCUT2D eigenvalue weighted by Crippen LogP contribution is -2.19. The lowest BCUT2D eigenvalue weighted by Gasteiger charge is -2.17. The molecule has 0 amide bonds. The van der Waals surface area contributed by atoms with Gasteiger partial charge in [0.15, 0.2) is 0 Å². The number of nitrogens with one attached hydrogen (secondary N) is 1. The second kappa shape index (κ2) is 8.80. The van der Waals surface area contributed by atoms with E-state index in [0.717, 1.165) is 22.6 Å². The van der Waals surface area contributed by atoms with Crippen molar-refractivity contribution in [3.8, 4) is 11.5 Å². The quantitative estimate of drug-likeness (QED) is 0.637. The van der Waals surface area contributed by atoms with E-state index < -0.39 is 5.56 Å². The molecule has 0 spiro atoms. The topological polar surface area (TPSA) is 65.4 Å². The molecule has 0 unspecified atom stereocenters. The summed E-state index contributed by atoms with van der Waals surface area (Å²) in [5.74, 6) is 1.39. The van der Waals surface area contributed by atoms with Crippen LogP contribution < -0.4 is 20.3 Å². The Morgan fingerprint density at radius 2 is 2.04 bits per heavy atom. The van der Waals surface area contributed by atoms with Crippen LogP contribution in [0.5, 0.6) is 11.5 Å². The first-order chi connectivity index (χ1) is 13.5. The number of halogens is 1. The molecule has 0 atom stereocenters. The fourth-order valence-electron chi connectivity index (χ4n) is 2.82. The molecule has 1 heterocycles. The summed E-state index contributed by atoms with van der Waals surface area (Å²) in [5, 5.41) is 3.89. The fourth-order valence-corrected chi connectivity index (χ4v) is 3.03. The van der Waals surface area contributed by atoms with Crippen molar-refractivity contribution < 1.29 is 9.47 Å². The van der Waals surface area contributed by atoms with Crippen LogP contribution in [0.25, 0.3) is 0 Å². The summed E-state index contributed by atoms with van der Waals surface area (Å²) in [4.78, 5) is 16.4. The van der Waals surface area contributed by atoms with Crippen LogP contribution in [-0.2, 0) is 6.54 Å². The van der Waals surface area contributed by atoms with Crippen LogP contribution in [0.3, 0.4) is 0 Å². The number of rotatable bonds is 7. The van der Waals surface area contributed by atoms with Gasteiger partial charge in [0.25, 0.3) is 0 Å². The number of hydrogen-bond acceptors (Lipinski definition) is 5. The van der Waals surface area contributed by atoms with Crippen LogP contribution >= 0.6 is 11.6 Å². The van der Waals surface area contributed by atoms with Gasteiger partial charge in [-0.2, -0.15) is 4.98 Å². The molecule has 6 nitrogen and oxygen atoms in total. The second-order valence-electron chi connectivity index (χ2n) is 6.23. The van der Waals surface area contributed by atoms with Crippen LogP contribution in [-0.4, -0.2) is 23.3 Å². The molecule has 1 N–H and O–H groups in total. The standard InChI is InChI=1S/C21H22ClN3O3/c1-4-28-17-8-9-18(14(2)10-17)23-21-24-20(26)19(27-3)13-25(21)12-15-6-5-7-16(22)11-15/h5-11,13H,4,12H2,1-3H3,(H,23,24,26). The molecule has 0 bridgehead atoms. The van der Waals surface area contributed by atoms with Gasteiger partial charge in [0.2, 0.25) is 11.7 Å². The van der Waals surface area contributed by atoms with E-state index in [1.54, 1.807) is 6.20 Å². The van der Waals surface area contributed by atoms with Crippen LogP contribution in [0.2, 0.25) is 5.02 Å². The van der Waals surface area contributed by atoms with Crippen molar-refractivity contribution in [2.24, 2.45) is 0 Å². The number of hydrogen-bond donors (Lipinski definition) is 1. The largest absolute Gasteiger partial charge is 0.494 e.